The molecule has 0 bridgehead atoms. The number of hydrogen-bond donors (Lipinski definition) is 1. The molecule has 0 amide bonds. The molecule has 0 aromatic rings. The average molecular weight is 276 g/mol. The molecule has 1 rings (SSSR count). The number of rotatable bonds is 8. The fraction of sp³-hybridized carbons (Fsp3) is 1.00. The summed E-state index contributed by atoms with van der Waals surface area (Å²) in [5, 5.41) is 3.30. The maximum atomic E-state index is 12.1. The molecule has 0 spiro atoms. The SMILES string of the molecule is CCCNCCCCS(=O)(=O)N1CC(C)C(C)C1. The molecule has 0 aromatic carbocycles. The summed E-state index contributed by atoms with van der Waals surface area (Å²) in [6, 6.07) is 0. The molecule has 0 aromatic heterocycles. The van der Waals surface area contributed by atoms with E-state index in [1.54, 1.807) is 4.31 Å². The van der Waals surface area contributed by atoms with Gasteiger partial charge >= 0.3 is 0 Å². The molecule has 1 fully saturated rings. The molecule has 0 saturated carbocycles. The number of sulfonamides is 1. The van der Waals surface area contributed by atoms with Crippen LogP contribution in [0.15, 0.2) is 0 Å². The average Bonchev–Trinajstić information content (AvgIpc) is 2.65. The molecule has 1 N–H and O–H groups in total. The first-order chi connectivity index (χ1) is 8.47. The lowest BCUT2D eigenvalue weighted by Crippen LogP contribution is -2.31. The molecule has 2 unspecified atom stereocenters. The molecule has 5 heteroatoms. The van der Waals surface area contributed by atoms with E-state index in [2.05, 4.69) is 26.1 Å². The molecule has 0 aliphatic carbocycles. The number of unbranched alkanes of at least 4 members (excludes halogenated alkanes) is 1. The Morgan fingerprint density at radius 3 is 2.28 bits per heavy atom. The van der Waals surface area contributed by atoms with Crippen LogP contribution in [0, 0.1) is 11.8 Å². The van der Waals surface area contributed by atoms with Crippen molar-refractivity contribution in [1.82, 2.24) is 9.62 Å². The van der Waals surface area contributed by atoms with E-state index < -0.39 is 10.0 Å². The van der Waals surface area contributed by atoms with Crippen molar-refractivity contribution in [3.8, 4) is 0 Å². The molecule has 1 aliphatic heterocycles. The van der Waals surface area contributed by atoms with Gasteiger partial charge in [-0.3, -0.25) is 0 Å². The van der Waals surface area contributed by atoms with Gasteiger partial charge in [0.1, 0.15) is 0 Å². The largest absolute Gasteiger partial charge is 0.317 e. The predicted molar refractivity (Wildman–Crippen MR) is 76.1 cm³/mol. The molecule has 4 nitrogen and oxygen atoms in total. The third-order valence-electron chi connectivity index (χ3n) is 3.78. The summed E-state index contributed by atoms with van der Waals surface area (Å²) in [6.07, 6.45) is 2.83. The van der Waals surface area contributed by atoms with Crippen molar-refractivity contribution in [3.63, 3.8) is 0 Å². The van der Waals surface area contributed by atoms with E-state index in [0.717, 1.165) is 32.4 Å². The Kier molecular flexibility index (Phi) is 6.60. The lowest BCUT2D eigenvalue weighted by molar-refractivity contribution is 0.460. The Balaban J connectivity index is 2.24. The van der Waals surface area contributed by atoms with Crippen LogP contribution in [0.3, 0.4) is 0 Å². The van der Waals surface area contributed by atoms with Crippen LogP contribution in [0.1, 0.15) is 40.0 Å². The van der Waals surface area contributed by atoms with Crippen molar-refractivity contribution in [2.24, 2.45) is 11.8 Å². The second kappa shape index (κ2) is 7.46. The van der Waals surface area contributed by atoms with E-state index in [1.807, 2.05) is 0 Å². The fourth-order valence-corrected chi connectivity index (χ4v) is 4.02. The molecule has 1 heterocycles. The first-order valence-electron chi connectivity index (χ1n) is 7.16. The lowest BCUT2D eigenvalue weighted by Gasteiger charge is -2.16. The Morgan fingerprint density at radius 1 is 1.11 bits per heavy atom. The Morgan fingerprint density at radius 2 is 1.72 bits per heavy atom. The van der Waals surface area contributed by atoms with Gasteiger partial charge < -0.3 is 5.32 Å². The van der Waals surface area contributed by atoms with Crippen LogP contribution in [0.4, 0.5) is 0 Å². The van der Waals surface area contributed by atoms with Crippen molar-refractivity contribution in [2.45, 2.75) is 40.0 Å². The molecule has 2 atom stereocenters. The number of hydrogen-bond acceptors (Lipinski definition) is 3. The zero-order valence-corrected chi connectivity index (χ0v) is 12.8. The third kappa shape index (κ3) is 4.86. The highest BCUT2D eigenvalue weighted by atomic mass is 32.2. The van der Waals surface area contributed by atoms with Crippen LogP contribution < -0.4 is 5.32 Å². The van der Waals surface area contributed by atoms with E-state index in [4.69, 9.17) is 0 Å². The van der Waals surface area contributed by atoms with Gasteiger partial charge in [0, 0.05) is 13.1 Å². The fourth-order valence-electron chi connectivity index (χ4n) is 2.27. The lowest BCUT2D eigenvalue weighted by atomic mass is 10.0. The maximum Gasteiger partial charge on any atom is 0.214 e. The van der Waals surface area contributed by atoms with Crippen molar-refractivity contribution in [2.75, 3.05) is 31.9 Å². The molecule has 108 valence electrons. The van der Waals surface area contributed by atoms with Gasteiger partial charge in [0.15, 0.2) is 0 Å². The second-order valence-electron chi connectivity index (χ2n) is 5.54. The topological polar surface area (TPSA) is 49.4 Å². The van der Waals surface area contributed by atoms with Gasteiger partial charge in [0.05, 0.1) is 5.75 Å². The normalized spacial score (nSPS) is 25.7. The van der Waals surface area contributed by atoms with Crippen LogP contribution in [0.5, 0.6) is 0 Å². The summed E-state index contributed by atoms with van der Waals surface area (Å²) in [5.74, 6) is 1.29. The first-order valence-corrected chi connectivity index (χ1v) is 8.76. The smallest absolute Gasteiger partial charge is 0.214 e. The highest BCUT2D eigenvalue weighted by Gasteiger charge is 2.33. The molecular weight excluding hydrogens is 248 g/mol. The molecule has 1 aliphatic rings. The minimum atomic E-state index is -3.01. The summed E-state index contributed by atoms with van der Waals surface area (Å²) in [5.41, 5.74) is 0. The maximum absolute atomic E-state index is 12.1. The zero-order chi connectivity index (χ0) is 13.6. The molecular formula is C13H28N2O2S. The van der Waals surface area contributed by atoms with E-state index in [9.17, 15) is 8.42 Å². The van der Waals surface area contributed by atoms with Crippen LogP contribution in [0.2, 0.25) is 0 Å². The van der Waals surface area contributed by atoms with E-state index >= 15 is 0 Å². The van der Waals surface area contributed by atoms with Crippen LogP contribution in [0.25, 0.3) is 0 Å². The van der Waals surface area contributed by atoms with E-state index in [1.165, 1.54) is 0 Å². The van der Waals surface area contributed by atoms with E-state index in [-0.39, 0.29) is 0 Å². The van der Waals surface area contributed by atoms with Crippen LogP contribution in [-0.2, 0) is 10.0 Å². The van der Waals surface area contributed by atoms with E-state index in [0.29, 0.717) is 30.7 Å². The monoisotopic (exact) mass is 276 g/mol. The molecule has 1 saturated heterocycles. The van der Waals surface area contributed by atoms with Gasteiger partial charge in [0.25, 0.3) is 0 Å². The van der Waals surface area contributed by atoms with Gasteiger partial charge in [-0.25, -0.2) is 12.7 Å². The van der Waals surface area contributed by atoms with Crippen molar-refractivity contribution >= 4 is 10.0 Å². The van der Waals surface area contributed by atoms with Crippen LogP contribution in [-0.4, -0.2) is 44.7 Å². The standard InChI is InChI=1S/C13H28N2O2S/c1-4-7-14-8-5-6-9-18(16,17)15-10-12(2)13(3)11-15/h12-14H,4-11H2,1-3H3. The molecule has 0 radical (unpaired) electrons. The van der Waals surface area contributed by atoms with Gasteiger partial charge in [-0.15, -0.1) is 0 Å². The minimum Gasteiger partial charge on any atom is -0.317 e. The van der Waals surface area contributed by atoms with Gasteiger partial charge in [-0.1, -0.05) is 20.8 Å². The first kappa shape index (κ1) is 15.9. The predicted octanol–water partition coefficient (Wildman–Crippen LogP) is 1.68. The summed E-state index contributed by atoms with van der Waals surface area (Å²) < 4.78 is 25.9. The number of nitrogens with one attached hydrogen (secondary N) is 1. The third-order valence-corrected chi connectivity index (χ3v) is 5.67. The highest BCUT2D eigenvalue weighted by molar-refractivity contribution is 7.89. The van der Waals surface area contributed by atoms with Crippen molar-refractivity contribution in [3.05, 3.63) is 0 Å². The number of nitrogens with zero attached hydrogens (tertiary/aromatic N) is 1. The Labute approximate surface area is 112 Å². The Hall–Kier alpha value is -0.130. The minimum absolute atomic E-state index is 0.306. The van der Waals surface area contributed by atoms with Crippen molar-refractivity contribution < 1.29 is 8.42 Å². The van der Waals surface area contributed by atoms with Crippen molar-refractivity contribution in [1.29, 1.82) is 0 Å². The van der Waals surface area contributed by atoms with Crippen LogP contribution >= 0.6 is 0 Å². The second-order valence-corrected chi connectivity index (χ2v) is 7.63. The quantitative estimate of drug-likeness (QED) is 0.686. The van der Waals surface area contributed by atoms with Gasteiger partial charge in [-0.05, 0) is 44.2 Å². The van der Waals surface area contributed by atoms with Gasteiger partial charge in [-0.2, -0.15) is 0 Å². The summed E-state index contributed by atoms with van der Waals surface area (Å²) >= 11 is 0. The summed E-state index contributed by atoms with van der Waals surface area (Å²) in [4.78, 5) is 0. The molecule has 18 heavy (non-hydrogen) atoms. The Bertz CT molecular complexity index is 320. The van der Waals surface area contributed by atoms with Gasteiger partial charge in [0.2, 0.25) is 10.0 Å². The summed E-state index contributed by atoms with van der Waals surface area (Å²) in [6.45, 7) is 9.76. The summed E-state index contributed by atoms with van der Waals surface area (Å²) in [7, 11) is -3.01. The highest BCUT2D eigenvalue weighted by Crippen LogP contribution is 2.24. The zero-order valence-electron chi connectivity index (χ0n) is 12.0.